The second-order valence-electron chi connectivity index (χ2n) is 6.60. The Balaban J connectivity index is 1.57. The van der Waals surface area contributed by atoms with Gasteiger partial charge in [-0.25, -0.2) is 0 Å². The van der Waals surface area contributed by atoms with Gasteiger partial charge in [0.1, 0.15) is 0 Å². The Kier molecular flexibility index (Phi) is 6.52. The summed E-state index contributed by atoms with van der Waals surface area (Å²) in [6.45, 7) is 0.607. The Labute approximate surface area is 188 Å². The number of aromatic nitrogens is 3. The molecular formula is C22H19ClN4OS2. The van der Waals surface area contributed by atoms with Crippen molar-refractivity contribution >= 4 is 40.6 Å². The summed E-state index contributed by atoms with van der Waals surface area (Å²) in [5, 5.41) is 12.1. The van der Waals surface area contributed by atoms with E-state index >= 15 is 0 Å². The fraction of sp³-hybridized carbons (Fsp3) is 0.136. The molecule has 0 aliphatic carbocycles. The fourth-order valence-electron chi connectivity index (χ4n) is 2.92. The van der Waals surface area contributed by atoms with Crippen molar-refractivity contribution in [1.82, 2.24) is 19.7 Å². The van der Waals surface area contributed by atoms with Crippen LogP contribution in [0, 0.1) is 0 Å². The zero-order valence-electron chi connectivity index (χ0n) is 16.2. The second kappa shape index (κ2) is 9.47. The van der Waals surface area contributed by atoms with Crippen LogP contribution in [-0.2, 0) is 11.3 Å². The van der Waals surface area contributed by atoms with Crippen molar-refractivity contribution in [3.8, 4) is 17.1 Å². The molecule has 30 heavy (non-hydrogen) atoms. The van der Waals surface area contributed by atoms with E-state index in [2.05, 4.69) is 10.2 Å². The van der Waals surface area contributed by atoms with Gasteiger partial charge in [-0.3, -0.25) is 9.36 Å². The van der Waals surface area contributed by atoms with Gasteiger partial charge in [-0.1, -0.05) is 59.8 Å². The fourth-order valence-corrected chi connectivity index (χ4v) is 4.70. The molecule has 0 saturated carbocycles. The lowest BCUT2D eigenvalue weighted by molar-refractivity contribution is -0.127. The molecule has 0 saturated heterocycles. The van der Waals surface area contributed by atoms with E-state index in [0.29, 0.717) is 16.7 Å². The third kappa shape index (κ3) is 4.75. The minimum atomic E-state index is 0.0420. The van der Waals surface area contributed by atoms with E-state index < -0.39 is 0 Å². The van der Waals surface area contributed by atoms with Crippen LogP contribution in [0.25, 0.3) is 17.1 Å². The van der Waals surface area contributed by atoms with Gasteiger partial charge in [0.15, 0.2) is 11.0 Å². The van der Waals surface area contributed by atoms with Gasteiger partial charge >= 0.3 is 0 Å². The lowest BCUT2D eigenvalue weighted by atomic mass is 10.2. The average molecular weight is 455 g/mol. The summed E-state index contributed by atoms with van der Waals surface area (Å²) >= 11 is 9.10. The Bertz CT molecular complexity index is 1110. The lowest BCUT2D eigenvalue weighted by Crippen LogP contribution is -2.27. The molecule has 2 aromatic carbocycles. The maximum atomic E-state index is 12.6. The number of hydrogen-bond donors (Lipinski definition) is 0. The van der Waals surface area contributed by atoms with Crippen LogP contribution in [0.2, 0.25) is 5.02 Å². The Hall–Kier alpha value is -2.61. The van der Waals surface area contributed by atoms with Crippen LogP contribution in [0.4, 0.5) is 0 Å². The normalized spacial score (nSPS) is 10.9. The van der Waals surface area contributed by atoms with Gasteiger partial charge in [-0.05, 0) is 35.7 Å². The molecular weight excluding hydrogens is 436 g/mol. The molecule has 8 heteroatoms. The number of thioether (sulfide) groups is 1. The molecule has 2 aromatic heterocycles. The number of amides is 1. The van der Waals surface area contributed by atoms with Gasteiger partial charge in [-0.15, -0.1) is 21.5 Å². The minimum absolute atomic E-state index is 0.0420. The van der Waals surface area contributed by atoms with Gasteiger partial charge in [0.05, 0.1) is 12.3 Å². The predicted octanol–water partition coefficient (Wildman–Crippen LogP) is 5.40. The van der Waals surface area contributed by atoms with Crippen LogP contribution < -0.4 is 0 Å². The van der Waals surface area contributed by atoms with Crippen LogP contribution in [0.1, 0.15) is 4.88 Å². The topological polar surface area (TPSA) is 51.0 Å². The largest absolute Gasteiger partial charge is 0.340 e. The van der Waals surface area contributed by atoms with Crippen LogP contribution >= 0.6 is 34.7 Å². The van der Waals surface area contributed by atoms with Crippen LogP contribution in [0.5, 0.6) is 0 Å². The molecule has 1 amide bonds. The summed E-state index contributed by atoms with van der Waals surface area (Å²) in [7, 11) is 1.82. The molecule has 4 rings (SSSR count). The molecule has 2 heterocycles. The molecule has 5 nitrogen and oxygen atoms in total. The van der Waals surface area contributed by atoms with Crippen molar-refractivity contribution in [3.63, 3.8) is 0 Å². The molecule has 0 atom stereocenters. The first kappa shape index (κ1) is 20.7. The van der Waals surface area contributed by atoms with Crippen LogP contribution in [0.3, 0.4) is 0 Å². The monoisotopic (exact) mass is 454 g/mol. The molecule has 0 bridgehead atoms. The Morgan fingerprint density at radius 2 is 1.83 bits per heavy atom. The summed E-state index contributed by atoms with van der Waals surface area (Å²) < 4.78 is 1.96. The summed E-state index contributed by atoms with van der Waals surface area (Å²) in [6, 6.07) is 21.4. The van der Waals surface area contributed by atoms with Crippen LogP contribution in [0.15, 0.2) is 77.3 Å². The highest BCUT2D eigenvalue weighted by Gasteiger charge is 2.18. The summed E-state index contributed by atoms with van der Waals surface area (Å²) in [5.41, 5.74) is 1.85. The van der Waals surface area contributed by atoms with Gasteiger partial charge in [0.2, 0.25) is 5.91 Å². The molecule has 0 fully saturated rings. The predicted molar refractivity (Wildman–Crippen MR) is 123 cm³/mol. The molecule has 0 N–H and O–H groups in total. The van der Waals surface area contributed by atoms with Crippen molar-refractivity contribution in [2.24, 2.45) is 0 Å². The first-order valence-electron chi connectivity index (χ1n) is 9.28. The quantitative estimate of drug-likeness (QED) is 0.351. The van der Waals surface area contributed by atoms with Crippen molar-refractivity contribution in [3.05, 3.63) is 82.0 Å². The molecule has 0 unspecified atom stereocenters. The molecule has 4 aromatic rings. The number of hydrogen-bond acceptors (Lipinski definition) is 5. The van der Waals surface area contributed by atoms with E-state index in [1.54, 1.807) is 16.2 Å². The Morgan fingerprint density at radius 3 is 2.53 bits per heavy atom. The first-order valence-corrected chi connectivity index (χ1v) is 11.5. The summed E-state index contributed by atoms with van der Waals surface area (Å²) in [4.78, 5) is 15.5. The highest BCUT2D eigenvalue weighted by molar-refractivity contribution is 7.99. The van der Waals surface area contributed by atoms with Gasteiger partial charge in [-0.2, -0.15) is 0 Å². The standard InChI is InChI=1S/C22H19ClN4OS2/c1-26(14-19-8-5-13-29-19)20(28)15-30-22-25-24-21(16-6-3-2-4-7-16)27(22)18-11-9-17(23)10-12-18/h2-13H,14-15H2,1H3. The Morgan fingerprint density at radius 1 is 1.07 bits per heavy atom. The van der Waals surface area contributed by atoms with E-state index in [0.717, 1.165) is 22.0 Å². The summed E-state index contributed by atoms with van der Waals surface area (Å²) in [6.07, 6.45) is 0. The lowest BCUT2D eigenvalue weighted by Gasteiger charge is -2.16. The van der Waals surface area contributed by atoms with E-state index in [4.69, 9.17) is 11.6 Å². The third-order valence-corrected chi connectivity index (χ3v) is 6.50. The molecule has 0 radical (unpaired) electrons. The highest BCUT2D eigenvalue weighted by atomic mass is 35.5. The van der Waals surface area contributed by atoms with Crippen molar-refractivity contribution in [1.29, 1.82) is 0 Å². The third-order valence-electron chi connectivity index (χ3n) is 4.47. The number of carbonyl (C=O) groups is 1. The molecule has 0 spiro atoms. The van der Waals surface area contributed by atoms with E-state index in [1.807, 2.05) is 83.7 Å². The molecule has 152 valence electrons. The number of rotatable bonds is 7. The van der Waals surface area contributed by atoms with Gasteiger partial charge < -0.3 is 4.90 Å². The number of thiophene rings is 1. The second-order valence-corrected chi connectivity index (χ2v) is 9.01. The maximum Gasteiger partial charge on any atom is 0.233 e. The van der Waals surface area contributed by atoms with Crippen molar-refractivity contribution in [2.45, 2.75) is 11.7 Å². The highest BCUT2D eigenvalue weighted by Crippen LogP contribution is 2.28. The number of benzene rings is 2. The van der Waals surface area contributed by atoms with E-state index in [9.17, 15) is 4.79 Å². The SMILES string of the molecule is CN(Cc1cccs1)C(=O)CSc1nnc(-c2ccccc2)n1-c1ccc(Cl)cc1. The smallest absolute Gasteiger partial charge is 0.233 e. The van der Waals surface area contributed by atoms with E-state index in [-0.39, 0.29) is 11.7 Å². The van der Waals surface area contributed by atoms with Gasteiger partial charge in [0.25, 0.3) is 0 Å². The first-order chi connectivity index (χ1) is 14.6. The zero-order chi connectivity index (χ0) is 20.9. The van der Waals surface area contributed by atoms with Gasteiger partial charge in [0, 0.05) is 28.2 Å². The molecule has 0 aliphatic rings. The van der Waals surface area contributed by atoms with Crippen molar-refractivity contribution in [2.75, 3.05) is 12.8 Å². The van der Waals surface area contributed by atoms with E-state index in [1.165, 1.54) is 11.8 Å². The summed E-state index contributed by atoms with van der Waals surface area (Å²) in [5.74, 6) is 1.04. The number of halogens is 1. The number of nitrogens with zero attached hydrogens (tertiary/aromatic N) is 4. The maximum absolute atomic E-state index is 12.6. The average Bonchev–Trinajstić information content (AvgIpc) is 3.43. The van der Waals surface area contributed by atoms with Crippen molar-refractivity contribution < 1.29 is 4.79 Å². The number of carbonyl (C=O) groups excluding carboxylic acids is 1. The molecule has 0 aliphatic heterocycles. The van der Waals surface area contributed by atoms with Crippen LogP contribution in [-0.4, -0.2) is 38.4 Å². The zero-order valence-corrected chi connectivity index (χ0v) is 18.6. The minimum Gasteiger partial charge on any atom is -0.340 e.